The van der Waals surface area contributed by atoms with Crippen LogP contribution in [0.5, 0.6) is 11.5 Å². The number of urea groups is 1. The molecule has 1 N–H and O–H groups in total. The highest BCUT2D eigenvalue weighted by atomic mass is 16.5. The minimum absolute atomic E-state index is 0.232. The maximum Gasteiger partial charge on any atom is 0.343 e. The number of hydrogen-bond donors (Lipinski definition) is 1. The van der Waals surface area contributed by atoms with Crippen LogP contribution in [0.4, 0.5) is 4.79 Å². The van der Waals surface area contributed by atoms with Crippen LogP contribution in [0.3, 0.4) is 0 Å². The third kappa shape index (κ3) is 4.66. The van der Waals surface area contributed by atoms with Gasteiger partial charge in [-0.05, 0) is 73.9 Å². The minimum Gasteiger partial charge on any atom is -0.497 e. The van der Waals surface area contributed by atoms with Gasteiger partial charge in [-0.1, -0.05) is 0 Å². The molecule has 0 aliphatic carbocycles. The number of carbonyl (C=O) groups is 1. The fourth-order valence-electron chi connectivity index (χ4n) is 4.33. The molecule has 2 heterocycles. The highest BCUT2D eigenvalue weighted by Gasteiger charge is 2.28. The molecule has 0 bridgehead atoms. The Kier molecular flexibility index (Phi) is 6.55. The van der Waals surface area contributed by atoms with Gasteiger partial charge in [-0.2, -0.15) is 5.10 Å². The first-order valence-electron chi connectivity index (χ1n) is 11.0. The number of ether oxygens (including phenoxy) is 2. The van der Waals surface area contributed by atoms with E-state index in [0.717, 1.165) is 52.5 Å². The number of likely N-dealkylation sites (tertiary alicyclic amines) is 1. The van der Waals surface area contributed by atoms with Crippen LogP contribution in [0.15, 0.2) is 48.5 Å². The second kappa shape index (κ2) is 9.54. The summed E-state index contributed by atoms with van der Waals surface area (Å²) in [5.74, 6) is 1.87. The number of benzene rings is 2. The Balaban J connectivity index is 1.68. The van der Waals surface area contributed by atoms with Crippen molar-refractivity contribution in [1.29, 1.82) is 0 Å². The lowest BCUT2D eigenvalue weighted by Crippen LogP contribution is -2.43. The van der Waals surface area contributed by atoms with Gasteiger partial charge in [0.1, 0.15) is 11.5 Å². The Hall–Kier alpha value is -3.52. The number of rotatable bonds is 5. The van der Waals surface area contributed by atoms with E-state index in [0.29, 0.717) is 18.2 Å². The predicted octanol–water partition coefficient (Wildman–Crippen LogP) is 4.49. The van der Waals surface area contributed by atoms with Gasteiger partial charge in [0, 0.05) is 31.6 Å². The Bertz CT molecular complexity index is 1120. The summed E-state index contributed by atoms with van der Waals surface area (Å²) in [5.41, 5.74) is 5.05. The molecule has 4 rings (SSSR count). The molecular formula is C25H30N4O4. The second-order valence-corrected chi connectivity index (χ2v) is 8.32. The first-order chi connectivity index (χ1) is 15.9. The van der Waals surface area contributed by atoms with E-state index in [-0.39, 0.29) is 11.9 Å². The molecule has 0 saturated carbocycles. The number of amides is 2. The van der Waals surface area contributed by atoms with E-state index < -0.39 is 0 Å². The topological polar surface area (TPSA) is 80.1 Å². The van der Waals surface area contributed by atoms with Gasteiger partial charge in [0.15, 0.2) is 0 Å². The molecule has 1 fully saturated rings. The number of methoxy groups -OCH3 is 2. The highest BCUT2D eigenvalue weighted by molar-refractivity contribution is 5.73. The number of hydroxylamine groups is 2. The lowest BCUT2D eigenvalue weighted by molar-refractivity contribution is -0.0356. The van der Waals surface area contributed by atoms with Crippen molar-refractivity contribution < 1.29 is 19.5 Å². The van der Waals surface area contributed by atoms with Crippen molar-refractivity contribution in [2.45, 2.75) is 25.7 Å². The normalized spacial score (nSPS) is 14.3. The van der Waals surface area contributed by atoms with E-state index in [1.54, 1.807) is 19.1 Å². The minimum atomic E-state index is -0.369. The van der Waals surface area contributed by atoms with Gasteiger partial charge in [-0.25, -0.2) is 14.5 Å². The Morgan fingerprint density at radius 3 is 2.33 bits per heavy atom. The molecule has 2 amide bonds. The SMILES string of the molecule is COc1ccc(-n2nc(C3CCN(C(=O)N(C)O)CC3)cc2-c2ccc(OC)c(C)c2)cc1. The van der Waals surface area contributed by atoms with Crippen LogP contribution in [0.2, 0.25) is 0 Å². The third-order valence-corrected chi connectivity index (χ3v) is 6.20. The number of aromatic nitrogens is 2. The maximum absolute atomic E-state index is 12.1. The molecule has 1 aromatic heterocycles. The van der Waals surface area contributed by atoms with Crippen LogP contribution >= 0.6 is 0 Å². The zero-order valence-electron chi connectivity index (χ0n) is 19.5. The smallest absolute Gasteiger partial charge is 0.343 e. The summed E-state index contributed by atoms with van der Waals surface area (Å²) in [5, 5.41) is 15.1. The van der Waals surface area contributed by atoms with Gasteiger partial charge in [-0.3, -0.25) is 5.21 Å². The van der Waals surface area contributed by atoms with Crippen molar-refractivity contribution in [3.8, 4) is 28.4 Å². The average Bonchev–Trinajstić information content (AvgIpc) is 3.29. The first kappa shape index (κ1) is 22.7. The lowest BCUT2D eigenvalue weighted by Gasteiger charge is -2.32. The summed E-state index contributed by atoms with van der Waals surface area (Å²) in [6.45, 7) is 3.20. The molecule has 1 saturated heterocycles. The van der Waals surface area contributed by atoms with Gasteiger partial charge in [0.05, 0.1) is 31.3 Å². The van der Waals surface area contributed by atoms with Crippen molar-refractivity contribution in [2.24, 2.45) is 0 Å². The molecule has 3 aromatic rings. The average molecular weight is 451 g/mol. The molecular weight excluding hydrogens is 420 g/mol. The van der Waals surface area contributed by atoms with Gasteiger partial charge in [-0.15, -0.1) is 0 Å². The Morgan fingerprint density at radius 1 is 1.06 bits per heavy atom. The van der Waals surface area contributed by atoms with Crippen molar-refractivity contribution in [3.63, 3.8) is 0 Å². The molecule has 2 aromatic carbocycles. The van der Waals surface area contributed by atoms with Gasteiger partial charge in [0.2, 0.25) is 0 Å². The van der Waals surface area contributed by atoms with E-state index in [9.17, 15) is 10.0 Å². The Labute approximate surface area is 193 Å². The maximum atomic E-state index is 12.1. The molecule has 0 spiro atoms. The summed E-state index contributed by atoms with van der Waals surface area (Å²) in [7, 11) is 4.68. The van der Waals surface area contributed by atoms with Crippen LogP contribution in [-0.4, -0.2) is 65.3 Å². The summed E-state index contributed by atoms with van der Waals surface area (Å²) in [6.07, 6.45) is 1.58. The fourth-order valence-corrected chi connectivity index (χ4v) is 4.33. The third-order valence-electron chi connectivity index (χ3n) is 6.20. The van der Waals surface area contributed by atoms with Crippen molar-refractivity contribution >= 4 is 6.03 Å². The van der Waals surface area contributed by atoms with E-state index in [1.165, 1.54) is 7.05 Å². The number of hydrogen-bond acceptors (Lipinski definition) is 5. The van der Waals surface area contributed by atoms with Crippen LogP contribution < -0.4 is 9.47 Å². The molecule has 0 radical (unpaired) electrons. The van der Waals surface area contributed by atoms with Crippen molar-refractivity contribution in [3.05, 3.63) is 59.8 Å². The second-order valence-electron chi connectivity index (χ2n) is 8.32. The van der Waals surface area contributed by atoms with Gasteiger partial charge in [0.25, 0.3) is 0 Å². The molecule has 8 heteroatoms. The molecule has 1 aliphatic rings. The van der Waals surface area contributed by atoms with Crippen LogP contribution in [0.25, 0.3) is 16.9 Å². The first-order valence-corrected chi connectivity index (χ1v) is 11.0. The zero-order chi connectivity index (χ0) is 23.5. The largest absolute Gasteiger partial charge is 0.497 e. The monoisotopic (exact) mass is 450 g/mol. The fraction of sp³-hybridized carbons (Fsp3) is 0.360. The highest BCUT2D eigenvalue weighted by Crippen LogP contribution is 2.34. The van der Waals surface area contributed by atoms with E-state index in [1.807, 2.05) is 48.0 Å². The van der Waals surface area contributed by atoms with Crippen LogP contribution in [0.1, 0.15) is 30.0 Å². The summed E-state index contributed by atoms with van der Waals surface area (Å²) in [6, 6.07) is 15.7. The van der Waals surface area contributed by atoms with Crippen molar-refractivity contribution in [1.82, 2.24) is 19.7 Å². The van der Waals surface area contributed by atoms with Crippen molar-refractivity contribution in [2.75, 3.05) is 34.4 Å². The van der Waals surface area contributed by atoms with E-state index >= 15 is 0 Å². The molecule has 33 heavy (non-hydrogen) atoms. The molecule has 174 valence electrons. The molecule has 0 unspecified atom stereocenters. The summed E-state index contributed by atoms with van der Waals surface area (Å²) >= 11 is 0. The lowest BCUT2D eigenvalue weighted by atomic mass is 9.93. The Morgan fingerprint density at radius 2 is 1.76 bits per heavy atom. The molecule has 0 atom stereocenters. The summed E-state index contributed by atoms with van der Waals surface area (Å²) < 4.78 is 12.7. The number of carbonyl (C=O) groups excluding carboxylic acids is 1. The van der Waals surface area contributed by atoms with Crippen LogP contribution in [-0.2, 0) is 0 Å². The van der Waals surface area contributed by atoms with Crippen LogP contribution in [0, 0.1) is 6.92 Å². The van der Waals surface area contributed by atoms with E-state index in [2.05, 4.69) is 12.1 Å². The van der Waals surface area contributed by atoms with Gasteiger partial charge >= 0.3 is 6.03 Å². The zero-order valence-corrected chi connectivity index (χ0v) is 19.5. The predicted molar refractivity (Wildman–Crippen MR) is 125 cm³/mol. The van der Waals surface area contributed by atoms with E-state index in [4.69, 9.17) is 14.6 Å². The number of piperidine rings is 1. The molecule has 1 aliphatic heterocycles. The number of aryl methyl sites for hydroxylation is 1. The quantitative estimate of drug-likeness (QED) is 0.458. The van der Waals surface area contributed by atoms with Gasteiger partial charge < -0.3 is 14.4 Å². The molecule has 8 nitrogen and oxygen atoms in total. The summed E-state index contributed by atoms with van der Waals surface area (Å²) in [4.78, 5) is 13.7. The standard InChI is InChI=1S/C25H30N4O4/c1-17-15-19(5-10-24(17)33-4)23-16-22(18-11-13-28(14-12-18)25(30)27(2)31)26-29(23)20-6-8-21(32-3)9-7-20/h5-10,15-16,18,31H,11-14H2,1-4H3. The number of nitrogens with zero attached hydrogens (tertiary/aromatic N) is 4.